The number of para-hydroxylation sites is 2. The Morgan fingerprint density at radius 3 is 2.34 bits per heavy atom. The second kappa shape index (κ2) is 9.10. The molecule has 0 heterocycles. The van der Waals surface area contributed by atoms with Crippen LogP contribution in [0.1, 0.15) is 12.5 Å². The minimum atomic E-state index is -0.468. The molecule has 0 fully saturated rings. The second-order valence-corrected chi connectivity index (χ2v) is 6.28. The standard InChI is InChI=1S/C23H22FNO4/c1-16(26)25(15-17-8-7-11-22(27-2)23(17)28-3)20-14-18(24)12-13-21(20)29-19-9-5-4-6-10-19/h4-14H,15H2,1-3H3. The molecule has 0 saturated carbocycles. The largest absolute Gasteiger partial charge is 0.493 e. The number of methoxy groups -OCH3 is 2. The molecule has 1 amide bonds. The molecule has 6 heteroatoms. The van der Waals surface area contributed by atoms with Crippen LogP contribution in [0, 0.1) is 5.82 Å². The summed E-state index contributed by atoms with van der Waals surface area (Å²) in [6.45, 7) is 1.58. The Labute approximate surface area is 169 Å². The van der Waals surface area contributed by atoms with Crippen LogP contribution in [0.3, 0.4) is 0 Å². The summed E-state index contributed by atoms with van der Waals surface area (Å²) in [7, 11) is 3.08. The van der Waals surface area contributed by atoms with E-state index in [1.54, 1.807) is 25.3 Å². The molecule has 0 atom stereocenters. The van der Waals surface area contributed by atoms with Crippen LogP contribution in [0.15, 0.2) is 66.7 Å². The van der Waals surface area contributed by atoms with E-state index < -0.39 is 5.82 Å². The lowest BCUT2D eigenvalue weighted by Crippen LogP contribution is -2.28. The van der Waals surface area contributed by atoms with Gasteiger partial charge in [-0.15, -0.1) is 0 Å². The number of rotatable bonds is 7. The van der Waals surface area contributed by atoms with Crippen molar-refractivity contribution in [3.8, 4) is 23.0 Å². The molecular formula is C23H22FNO4. The average Bonchev–Trinajstić information content (AvgIpc) is 2.73. The van der Waals surface area contributed by atoms with Gasteiger partial charge in [0.2, 0.25) is 5.91 Å². The quantitative estimate of drug-likeness (QED) is 0.553. The fraction of sp³-hybridized carbons (Fsp3) is 0.174. The first-order chi connectivity index (χ1) is 14.0. The van der Waals surface area contributed by atoms with Crippen molar-refractivity contribution in [3.63, 3.8) is 0 Å². The maximum atomic E-state index is 14.1. The van der Waals surface area contributed by atoms with Crippen molar-refractivity contribution in [3.05, 3.63) is 78.1 Å². The number of hydrogen-bond donors (Lipinski definition) is 0. The summed E-state index contributed by atoms with van der Waals surface area (Å²) < 4.78 is 30.8. The van der Waals surface area contributed by atoms with Gasteiger partial charge in [0.05, 0.1) is 26.5 Å². The van der Waals surface area contributed by atoms with E-state index in [0.29, 0.717) is 28.7 Å². The topological polar surface area (TPSA) is 48.0 Å². The number of hydrogen-bond acceptors (Lipinski definition) is 4. The van der Waals surface area contributed by atoms with Gasteiger partial charge >= 0.3 is 0 Å². The summed E-state index contributed by atoms with van der Waals surface area (Å²) in [5.41, 5.74) is 1.04. The number of ether oxygens (including phenoxy) is 3. The molecule has 3 aromatic carbocycles. The fourth-order valence-corrected chi connectivity index (χ4v) is 3.02. The van der Waals surface area contributed by atoms with Gasteiger partial charge in [-0.2, -0.15) is 0 Å². The molecular weight excluding hydrogens is 373 g/mol. The van der Waals surface area contributed by atoms with Crippen LogP contribution < -0.4 is 19.1 Å². The summed E-state index contributed by atoms with van der Waals surface area (Å²) in [4.78, 5) is 13.9. The molecule has 0 spiro atoms. The van der Waals surface area contributed by atoms with Crippen LogP contribution >= 0.6 is 0 Å². The van der Waals surface area contributed by atoms with E-state index in [1.165, 1.54) is 37.1 Å². The number of halogens is 1. The van der Waals surface area contributed by atoms with Gasteiger partial charge in [-0.05, 0) is 30.3 Å². The highest BCUT2D eigenvalue weighted by Gasteiger charge is 2.21. The molecule has 0 bridgehead atoms. The molecule has 0 radical (unpaired) electrons. The number of carbonyl (C=O) groups is 1. The molecule has 5 nitrogen and oxygen atoms in total. The minimum absolute atomic E-state index is 0.157. The summed E-state index contributed by atoms with van der Waals surface area (Å²) in [6.07, 6.45) is 0. The smallest absolute Gasteiger partial charge is 0.224 e. The van der Waals surface area contributed by atoms with Crippen molar-refractivity contribution in [1.82, 2.24) is 0 Å². The van der Waals surface area contributed by atoms with Gasteiger partial charge in [-0.3, -0.25) is 4.79 Å². The zero-order valence-electron chi connectivity index (χ0n) is 16.5. The third kappa shape index (κ3) is 4.66. The van der Waals surface area contributed by atoms with E-state index in [-0.39, 0.29) is 12.5 Å². The molecule has 3 rings (SSSR count). The highest BCUT2D eigenvalue weighted by Crippen LogP contribution is 2.37. The molecule has 3 aromatic rings. The molecule has 0 unspecified atom stereocenters. The van der Waals surface area contributed by atoms with Gasteiger partial charge in [-0.25, -0.2) is 4.39 Å². The van der Waals surface area contributed by atoms with Crippen molar-refractivity contribution in [2.24, 2.45) is 0 Å². The highest BCUT2D eigenvalue weighted by molar-refractivity contribution is 5.93. The Morgan fingerprint density at radius 2 is 1.69 bits per heavy atom. The van der Waals surface area contributed by atoms with Crippen molar-refractivity contribution in [1.29, 1.82) is 0 Å². The zero-order valence-corrected chi connectivity index (χ0v) is 16.5. The van der Waals surface area contributed by atoms with Crippen molar-refractivity contribution in [2.75, 3.05) is 19.1 Å². The van der Waals surface area contributed by atoms with Crippen LogP contribution in [0.2, 0.25) is 0 Å². The normalized spacial score (nSPS) is 10.3. The summed E-state index contributed by atoms with van der Waals surface area (Å²) in [6, 6.07) is 18.6. The van der Waals surface area contributed by atoms with Crippen LogP contribution in [0.4, 0.5) is 10.1 Å². The Hall–Kier alpha value is -3.54. The second-order valence-electron chi connectivity index (χ2n) is 6.28. The first kappa shape index (κ1) is 20.2. The van der Waals surface area contributed by atoms with Crippen molar-refractivity contribution < 1.29 is 23.4 Å². The first-order valence-corrected chi connectivity index (χ1v) is 9.04. The average molecular weight is 395 g/mol. The zero-order chi connectivity index (χ0) is 20.8. The molecule has 0 aliphatic rings. The monoisotopic (exact) mass is 395 g/mol. The van der Waals surface area contributed by atoms with Gasteiger partial charge in [0, 0.05) is 18.6 Å². The van der Waals surface area contributed by atoms with Crippen LogP contribution in [0.5, 0.6) is 23.0 Å². The molecule has 0 aromatic heterocycles. The predicted octanol–water partition coefficient (Wildman–Crippen LogP) is 5.19. The number of anilines is 1. The van der Waals surface area contributed by atoms with Gasteiger partial charge in [0.25, 0.3) is 0 Å². The first-order valence-electron chi connectivity index (χ1n) is 9.04. The third-order valence-corrected chi connectivity index (χ3v) is 4.38. The van der Waals surface area contributed by atoms with E-state index >= 15 is 0 Å². The maximum Gasteiger partial charge on any atom is 0.224 e. The molecule has 0 aliphatic carbocycles. The molecule has 29 heavy (non-hydrogen) atoms. The van der Waals surface area contributed by atoms with Gasteiger partial charge in [-0.1, -0.05) is 30.3 Å². The van der Waals surface area contributed by atoms with Crippen LogP contribution in [0.25, 0.3) is 0 Å². The van der Waals surface area contributed by atoms with E-state index in [1.807, 2.05) is 30.3 Å². The van der Waals surface area contributed by atoms with Gasteiger partial charge < -0.3 is 19.1 Å². The Kier molecular flexibility index (Phi) is 6.34. The Morgan fingerprint density at radius 1 is 0.931 bits per heavy atom. The molecule has 150 valence electrons. The third-order valence-electron chi connectivity index (χ3n) is 4.38. The lowest BCUT2D eigenvalue weighted by Gasteiger charge is -2.25. The lowest BCUT2D eigenvalue weighted by molar-refractivity contribution is -0.116. The number of amides is 1. The van der Waals surface area contributed by atoms with Crippen LogP contribution in [-0.2, 0) is 11.3 Å². The van der Waals surface area contributed by atoms with E-state index in [9.17, 15) is 9.18 Å². The maximum absolute atomic E-state index is 14.1. The lowest BCUT2D eigenvalue weighted by atomic mass is 10.1. The predicted molar refractivity (Wildman–Crippen MR) is 109 cm³/mol. The molecule has 0 aliphatic heterocycles. The van der Waals surface area contributed by atoms with Crippen molar-refractivity contribution in [2.45, 2.75) is 13.5 Å². The van der Waals surface area contributed by atoms with Gasteiger partial charge in [0.1, 0.15) is 11.6 Å². The molecule has 0 saturated heterocycles. The number of benzene rings is 3. The van der Waals surface area contributed by atoms with E-state index in [0.717, 1.165) is 5.56 Å². The SMILES string of the molecule is COc1cccc(CN(C(C)=O)c2cc(F)ccc2Oc2ccccc2)c1OC. The summed E-state index contributed by atoms with van der Waals surface area (Å²) in [5.74, 6) is 1.29. The summed E-state index contributed by atoms with van der Waals surface area (Å²) >= 11 is 0. The highest BCUT2D eigenvalue weighted by atomic mass is 19.1. The Bertz CT molecular complexity index is 991. The van der Waals surface area contributed by atoms with E-state index in [2.05, 4.69) is 0 Å². The van der Waals surface area contributed by atoms with Crippen molar-refractivity contribution >= 4 is 11.6 Å². The fourth-order valence-electron chi connectivity index (χ4n) is 3.02. The Balaban J connectivity index is 2.02. The number of nitrogens with zero attached hydrogens (tertiary/aromatic N) is 1. The molecule has 0 N–H and O–H groups in total. The minimum Gasteiger partial charge on any atom is -0.493 e. The van der Waals surface area contributed by atoms with Gasteiger partial charge in [0.15, 0.2) is 17.2 Å². The van der Waals surface area contributed by atoms with E-state index in [4.69, 9.17) is 14.2 Å². The van der Waals surface area contributed by atoms with Crippen LogP contribution in [-0.4, -0.2) is 20.1 Å². The number of carbonyl (C=O) groups excluding carboxylic acids is 1. The summed E-state index contributed by atoms with van der Waals surface area (Å²) in [5, 5.41) is 0.